The van der Waals surface area contributed by atoms with Crippen LogP contribution < -0.4 is 4.31 Å². The molecule has 0 fully saturated rings. The molecule has 4 nitrogen and oxygen atoms in total. The third-order valence-corrected chi connectivity index (χ3v) is 5.82. The molecule has 0 saturated carbocycles. The first-order valence-electron chi connectivity index (χ1n) is 8.35. The zero-order valence-electron chi connectivity index (χ0n) is 14.6. The van der Waals surface area contributed by atoms with Crippen LogP contribution in [-0.4, -0.2) is 19.2 Å². The van der Waals surface area contributed by atoms with Crippen LogP contribution in [-0.2, 0) is 16.6 Å². The van der Waals surface area contributed by atoms with Gasteiger partial charge < -0.3 is 0 Å². The summed E-state index contributed by atoms with van der Waals surface area (Å²) in [6.07, 6.45) is 3.21. The van der Waals surface area contributed by atoms with Crippen LogP contribution in [0.4, 0.5) is 14.5 Å². The minimum atomic E-state index is -3.57. The summed E-state index contributed by atoms with van der Waals surface area (Å²) in [5.41, 5.74) is 2.01. The smallest absolute Gasteiger partial charge is 0.235 e. The number of pyridine rings is 1. The quantitative estimate of drug-likeness (QED) is 0.630. The zero-order chi connectivity index (χ0) is 19.4. The van der Waals surface area contributed by atoms with Gasteiger partial charge in [0.25, 0.3) is 0 Å². The average molecular weight is 388 g/mol. The van der Waals surface area contributed by atoms with Crippen molar-refractivity contribution in [1.29, 1.82) is 0 Å². The lowest BCUT2D eigenvalue weighted by Crippen LogP contribution is -2.31. The van der Waals surface area contributed by atoms with Crippen molar-refractivity contribution in [2.24, 2.45) is 0 Å². The van der Waals surface area contributed by atoms with E-state index < -0.39 is 21.7 Å². The summed E-state index contributed by atoms with van der Waals surface area (Å²) < 4.78 is 53.7. The topological polar surface area (TPSA) is 50.3 Å². The SMILES string of the molecule is CCS(=O)(=O)N(Cc1cccnc1)c1cccc(-c2cc(F)cc(F)c2)c1. The Morgan fingerprint density at radius 3 is 2.33 bits per heavy atom. The zero-order valence-corrected chi connectivity index (χ0v) is 15.5. The lowest BCUT2D eigenvalue weighted by atomic mass is 10.0. The largest absolute Gasteiger partial charge is 0.266 e. The fraction of sp³-hybridized carbons (Fsp3) is 0.150. The summed E-state index contributed by atoms with van der Waals surface area (Å²) in [6, 6.07) is 13.3. The highest BCUT2D eigenvalue weighted by atomic mass is 32.2. The van der Waals surface area contributed by atoms with E-state index >= 15 is 0 Å². The molecule has 0 aliphatic carbocycles. The molecule has 7 heteroatoms. The molecule has 0 radical (unpaired) electrons. The van der Waals surface area contributed by atoms with Crippen molar-refractivity contribution in [3.8, 4) is 11.1 Å². The van der Waals surface area contributed by atoms with E-state index in [9.17, 15) is 17.2 Å². The van der Waals surface area contributed by atoms with Gasteiger partial charge in [-0.1, -0.05) is 18.2 Å². The normalized spacial score (nSPS) is 11.4. The van der Waals surface area contributed by atoms with Gasteiger partial charge in [-0.15, -0.1) is 0 Å². The van der Waals surface area contributed by atoms with Gasteiger partial charge in [0.2, 0.25) is 10.0 Å². The van der Waals surface area contributed by atoms with Gasteiger partial charge in [0.15, 0.2) is 0 Å². The first-order chi connectivity index (χ1) is 12.9. The Hall–Kier alpha value is -2.80. The molecule has 0 unspecified atom stereocenters. The predicted molar refractivity (Wildman–Crippen MR) is 102 cm³/mol. The van der Waals surface area contributed by atoms with Gasteiger partial charge >= 0.3 is 0 Å². The Morgan fingerprint density at radius 1 is 0.963 bits per heavy atom. The number of anilines is 1. The molecule has 2 aromatic carbocycles. The molecule has 0 aliphatic rings. The maximum atomic E-state index is 13.6. The molecule has 27 heavy (non-hydrogen) atoms. The average Bonchev–Trinajstić information content (AvgIpc) is 2.66. The highest BCUT2D eigenvalue weighted by Crippen LogP contribution is 2.28. The molecule has 0 amide bonds. The molecule has 1 heterocycles. The highest BCUT2D eigenvalue weighted by Gasteiger charge is 2.21. The second-order valence-corrected chi connectivity index (χ2v) is 8.16. The fourth-order valence-electron chi connectivity index (χ4n) is 2.72. The van der Waals surface area contributed by atoms with Gasteiger partial charge in [0.05, 0.1) is 18.0 Å². The molecule has 0 atom stereocenters. The van der Waals surface area contributed by atoms with Crippen LogP contribution in [0.1, 0.15) is 12.5 Å². The van der Waals surface area contributed by atoms with E-state index in [0.29, 0.717) is 16.8 Å². The van der Waals surface area contributed by atoms with Crippen LogP contribution in [0.5, 0.6) is 0 Å². The van der Waals surface area contributed by atoms with Crippen LogP contribution in [0.2, 0.25) is 0 Å². The van der Waals surface area contributed by atoms with Crippen LogP contribution >= 0.6 is 0 Å². The van der Waals surface area contributed by atoms with E-state index in [1.54, 1.807) is 55.7 Å². The first kappa shape index (κ1) is 19.0. The highest BCUT2D eigenvalue weighted by molar-refractivity contribution is 7.92. The third-order valence-electron chi connectivity index (χ3n) is 4.08. The second-order valence-electron chi connectivity index (χ2n) is 5.98. The van der Waals surface area contributed by atoms with Gasteiger partial charge in [-0.05, 0) is 53.9 Å². The lowest BCUT2D eigenvalue weighted by molar-refractivity contribution is 0.584. The third kappa shape index (κ3) is 4.49. The first-order valence-corrected chi connectivity index (χ1v) is 9.96. The van der Waals surface area contributed by atoms with E-state index in [1.807, 2.05) is 0 Å². The number of hydrogen-bond acceptors (Lipinski definition) is 3. The maximum absolute atomic E-state index is 13.6. The fourth-order valence-corrected chi connectivity index (χ4v) is 3.82. The van der Waals surface area contributed by atoms with E-state index in [1.165, 1.54) is 16.4 Å². The standard InChI is InChI=1S/C20H18F2N2O2S/c1-2-27(25,26)24(14-15-5-4-8-23-13-15)20-7-3-6-16(11-20)17-9-18(21)12-19(22)10-17/h3-13H,2,14H2,1H3. The maximum Gasteiger partial charge on any atom is 0.235 e. The molecule has 0 saturated heterocycles. The van der Waals surface area contributed by atoms with Crippen LogP contribution in [0, 0.1) is 11.6 Å². The molecular formula is C20H18F2N2O2S. The molecule has 3 aromatic rings. The molecule has 3 rings (SSSR count). The number of nitrogens with zero attached hydrogens (tertiary/aromatic N) is 2. The van der Waals surface area contributed by atoms with E-state index in [0.717, 1.165) is 11.6 Å². The van der Waals surface area contributed by atoms with Crippen molar-refractivity contribution in [3.63, 3.8) is 0 Å². The van der Waals surface area contributed by atoms with E-state index in [4.69, 9.17) is 0 Å². The van der Waals surface area contributed by atoms with Crippen LogP contribution in [0.25, 0.3) is 11.1 Å². The number of sulfonamides is 1. The minimum absolute atomic E-state index is 0.0773. The summed E-state index contributed by atoms with van der Waals surface area (Å²) >= 11 is 0. The summed E-state index contributed by atoms with van der Waals surface area (Å²) in [4.78, 5) is 4.02. The summed E-state index contributed by atoms with van der Waals surface area (Å²) in [7, 11) is -3.57. The molecule has 1 aromatic heterocycles. The lowest BCUT2D eigenvalue weighted by Gasteiger charge is -2.24. The Morgan fingerprint density at radius 2 is 1.70 bits per heavy atom. The number of aromatic nitrogens is 1. The predicted octanol–water partition coefficient (Wildman–Crippen LogP) is 4.38. The van der Waals surface area contributed by atoms with Crippen molar-refractivity contribution in [2.45, 2.75) is 13.5 Å². The van der Waals surface area contributed by atoms with Gasteiger partial charge in [0.1, 0.15) is 11.6 Å². The Labute approximate surface area is 157 Å². The number of benzene rings is 2. The molecule has 0 aliphatic heterocycles. The van der Waals surface area contributed by atoms with Crippen molar-refractivity contribution in [1.82, 2.24) is 4.98 Å². The minimum Gasteiger partial charge on any atom is -0.266 e. The number of halogens is 2. The molecule has 140 valence electrons. The summed E-state index contributed by atoms with van der Waals surface area (Å²) in [5, 5.41) is 0. The number of rotatable bonds is 6. The Kier molecular flexibility index (Phi) is 5.51. The van der Waals surface area contributed by atoms with Gasteiger partial charge in [-0.25, -0.2) is 17.2 Å². The van der Waals surface area contributed by atoms with Gasteiger partial charge in [-0.3, -0.25) is 9.29 Å². The monoisotopic (exact) mass is 388 g/mol. The summed E-state index contributed by atoms with van der Waals surface area (Å²) in [5.74, 6) is -1.46. The van der Waals surface area contributed by atoms with E-state index in [2.05, 4.69) is 4.98 Å². The van der Waals surface area contributed by atoms with Crippen molar-refractivity contribution >= 4 is 15.7 Å². The van der Waals surface area contributed by atoms with Crippen LogP contribution in [0.3, 0.4) is 0 Å². The van der Waals surface area contributed by atoms with Crippen molar-refractivity contribution < 1.29 is 17.2 Å². The van der Waals surface area contributed by atoms with Gasteiger partial charge in [-0.2, -0.15) is 0 Å². The van der Waals surface area contributed by atoms with Crippen molar-refractivity contribution in [3.05, 3.63) is 84.2 Å². The number of hydrogen-bond donors (Lipinski definition) is 0. The Balaban J connectivity index is 2.05. The second kappa shape index (κ2) is 7.84. The van der Waals surface area contributed by atoms with Gasteiger partial charge in [0, 0.05) is 18.5 Å². The molecule has 0 bridgehead atoms. The molecule has 0 spiro atoms. The molecular weight excluding hydrogens is 370 g/mol. The van der Waals surface area contributed by atoms with Crippen LogP contribution in [0.15, 0.2) is 67.0 Å². The summed E-state index contributed by atoms with van der Waals surface area (Å²) in [6.45, 7) is 1.68. The van der Waals surface area contributed by atoms with E-state index in [-0.39, 0.29) is 12.3 Å². The van der Waals surface area contributed by atoms with Crippen molar-refractivity contribution in [2.75, 3.05) is 10.1 Å². The molecule has 0 N–H and O–H groups in total. The Bertz CT molecular complexity index is 1020.